The zero-order chi connectivity index (χ0) is 18.6. The van der Waals surface area contributed by atoms with Gasteiger partial charge in [0.2, 0.25) is 5.69 Å². The molecule has 9 heteroatoms. The van der Waals surface area contributed by atoms with Crippen molar-refractivity contribution in [2.24, 2.45) is 0 Å². The molecule has 2 rings (SSSR count). The van der Waals surface area contributed by atoms with Crippen molar-refractivity contribution in [2.75, 3.05) is 18.0 Å². The Labute approximate surface area is 142 Å². The van der Waals surface area contributed by atoms with Crippen LogP contribution in [0.15, 0.2) is 24.3 Å². The van der Waals surface area contributed by atoms with Crippen LogP contribution in [0.1, 0.15) is 42.7 Å². The fraction of sp³-hybridized carbons (Fsp3) is 0.438. The molecule has 0 spiro atoms. The van der Waals surface area contributed by atoms with Gasteiger partial charge in [-0.1, -0.05) is 19.9 Å². The fourth-order valence-corrected chi connectivity index (χ4v) is 2.44. The Hall–Kier alpha value is -2.58. The summed E-state index contributed by atoms with van der Waals surface area (Å²) < 4.78 is 38.6. The maximum absolute atomic E-state index is 12.9. The summed E-state index contributed by atoms with van der Waals surface area (Å²) in [5, 5.41) is 17.4. The third-order valence-electron chi connectivity index (χ3n) is 3.49. The first-order chi connectivity index (χ1) is 11.8. The first kappa shape index (κ1) is 18.8. The second-order valence-corrected chi connectivity index (χ2v) is 5.50. The Morgan fingerprint density at radius 1 is 1.20 bits per heavy atom. The lowest BCUT2D eigenvalue weighted by atomic mass is 10.2. The predicted molar refractivity (Wildman–Crippen MR) is 86.1 cm³/mol. The van der Waals surface area contributed by atoms with E-state index in [1.807, 2.05) is 13.8 Å². The number of hydrogen-bond donors (Lipinski definition) is 1. The van der Waals surface area contributed by atoms with Gasteiger partial charge in [-0.3, -0.25) is 0 Å². The maximum atomic E-state index is 12.9. The highest BCUT2D eigenvalue weighted by Crippen LogP contribution is 2.30. The third-order valence-corrected chi connectivity index (χ3v) is 3.49. The Bertz CT molecular complexity index is 737. The largest absolute Gasteiger partial charge is 0.476 e. The monoisotopic (exact) mass is 356 g/mol. The van der Waals surface area contributed by atoms with E-state index in [0.29, 0.717) is 13.1 Å². The van der Waals surface area contributed by atoms with E-state index in [2.05, 4.69) is 10.2 Å². The van der Waals surface area contributed by atoms with Gasteiger partial charge in [0.1, 0.15) is 0 Å². The van der Waals surface area contributed by atoms with Gasteiger partial charge in [0, 0.05) is 13.1 Å². The van der Waals surface area contributed by atoms with Gasteiger partial charge >= 0.3 is 12.1 Å². The van der Waals surface area contributed by atoms with Crippen molar-refractivity contribution in [1.29, 1.82) is 0 Å². The second kappa shape index (κ2) is 7.54. The van der Waals surface area contributed by atoms with Crippen molar-refractivity contribution in [3.8, 4) is 5.69 Å². The summed E-state index contributed by atoms with van der Waals surface area (Å²) in [5.41, 5.74) is -1.07. The molecule has 0 fully saturated rings. The average Bonchev–Trinajstić information content (AvgIpc) is 2.99. The highest BCUT2D eigenvalue weighted by molar-refractivity contribution is 5.91. The molecule has 0 radical (unpaired) electrons. The van der Waals surface area contributed by atoms with E-state index < -0.39 is 17.7 Å². The van der Waals surface area contributed by atoms with E-state index in [4.69, 9.17) is 0 Å². The number of rotatable bonds is 7. The second-order valence-electron chi connectivity index (χ2n) is 5.50. The molecule has 1 heterocycles. The van der Waals surface area contributed by atoms with E-state index in [1.165, 1.54) is 12.1 Å². The fourth-order valence-electron chi connectivity index (χ4n) is 2.44. The van der Waals surface area contributed by atoms with Crippen LogP contribution >= 0.6 is 0 Å². The van der Waals surface area contributed by atoms with E-state index in [0.717, 1.165) is 29.8 Å². The molecule has 1 aromatic heterocycles. The van der Waals surface area contributed by atoms with Crippen LogP contribution in [0.5, 0.6) is 0 Å². The van der Waals surface area contributed by atoms with E-state index in [1.54, 1.807) is 4.90 Å². The van der Waals surface area contributed by atoms with Crippen molar-refractivity contribution in [1.82, 2.24) is 15.0 Å². The summed E-state index contributed by atoms with van der Waals surface area (Å²) in [4.78, 5) is 14.2. The van der Waals surface area contributed by atoms with Crippen molar-refractivity contribution in [3.05, 3.63) is 35.5 Å². The van der Waals surface area contributed by atoms with E-state index in [-0.39, 0.29) is 17.2 Å². The van der Waals surface area contributed by atoms with E-state index in [9.17, 15) is 23.1 Å². The first-order valence-corrected chi connectivity index (χ1v) is 7.91. The van der Waals surface area contributed by atoms with Gasteiger partial charge in [-0.2, -0.15) is 13.2 Å². The number of nitrogens with zero attached hydrogens (tertiary/aromatic N) is 4. The van der Waals surface area contributed by atoms with Crippen molar-refractivity contribution < 1.29 is 23.1 Å². The molecule has 0 saturated heterocycles. The maximum Gasteiger partial charge on any atom is 0.416 e. The SMILES string of the molecule is CCCN(CCC)c1nn(-c2cccc(C(F)(F)F)c2)nc1C(=O)O. The van der Waals surface area contributed by atoms with Crippen LogP contribution in [-0.4, -0.2) is 39.2 Å². The molecule has 0 bridgehead atoms. The predicted octanol–water partition coefficient (Wildman–Crippen LogP) is 3.61. The molecular formula is C16H19F3N4O2. The molecule has 1 N–H and O–H groups in total. The van der Waals surface area contributed by atoms with Crippen molar-refractivity contribution in [2.45, 2.75) is 32.9 Å². The highest BCUT2D eigenvalue weighted by Gasteiger charge is 2.31. The lowest BCUT2D eigenvalue weighted by Gasteiger charge is -2.20. The number of carboxylic acids is 1. The molecule has 0 aliphatic heterocycles. The van der Waals surface area contributed by atoms with Gasteiger partial charge in [-0.15, -0.1) is 15.0 Å². The van der Waals surface area contributed by atoms with Crippen LogP contribution in [0.3, 0.4) is 0 Å². The normalized spacial score (nSPS) is 11.6. The number of benzene rings is 1. The lowest BCUT2D eigenvalue weighted by Crippen LogP contribution is -2.27. The summed E-state index contributed by atoms with van der Waals surface area (Å²) in [6.07, 6.45) is -2.96. The Morgan fingerprint density at radius 2 is 1.84 bits per heavy atom. The van der Waals surface area contributed by atoms with Gasteiger partial charge in [0.15, 0.2) is 5.82 Å². The van der Waals surface area contributed by atoms with Crippen LogP contribution in [-0.2, 0) is 6.18 Å². The Kier molecular flexibility index (Phi) is 5.66. The number of carboxylic acid groups (broad SMARTS) is 1. The van der Waals surface area contributed by atoms with Gasteiger partial charge in [-0.05, 0) is 31.0 Å². The zero-order valence-electron chi connectivity index (χ0n) is 13.9. The molecular weight excluding hydrogens is 337 g/mol. The van der Waals surface area contributed by atoms with Crippen molar-refractivity contribution >= 4 is 11.8 Å². The van der Waals surface area contributed by atoms with Crippen LogP contribution in [0.2, 0.25) is 0 Å². The van der Waals surface area contributed by atoms with Gasteiger partial charge in [0.05, 0.1) is 11.3 Å². The molecule has 0 saturated carbocycles. The molecule has 2 aromatic rings. The summed E-state index contributed by atoms with van der Waals surface area (Å²) >= 11 is 0. The number of alkyl halides is 3. The number of aromatic nitrogens is 3. The summed E-state index contributed by atoms with van der Waals surface area (Å²) in [7, 11) is 0. The number of aromatic carboxylic acids is 1. The summed E-state index contributed by atoms with van der Waals surface area (Å²) in [6, 6.07) is 4.46. The number of halogens is 3. The summed E-state index contributed by atoms with van der Waals surface area (Å²) in [5.74, 6) is -1.11. The minimum Gasteiger partial charge on any atom is -0.476 e. The molecule has 0 unspecified atom stereocenters. The summed E-state index contributed by atoms with van der Waals surface area (Å²) in [6.45, 7) is 5.05. The van der Waals surface area contributed by atoms with Crippen LogP contribution < -0.4 is 4.90 Å². The smallest absolute Gasteiger partial charge is 0.416 e. The zero-order valence-corrected chi connectivity index (χ0v) is 13.9. The minimum atomic E-state index is -4.50. The van der Waals surface area contributed by atoms with Crippen LogP contribution in [0.25, 0.3) is 5.69 Å². The Balaban J connectivity index is 2.50. The van der Waals surface area contributed by atoms with Gasteiger partial charge in [0.25, 0.3) is 0 Å². The number of hydrogen-bond acceptors (Lipinski definition) is 4. The number of anilines is 1. The molecule has 1 aromatic carbocycles. The molecule has 0 amide bonds. The number of carbonyl (C=O) groups is 1. The molecule has 0 aliphatic carbocycles. The standard InChI is InChI=1S/C16H19F3N4O2/c1-3-8-22(9-4-2)14-13(15(24)25)20-23(21-14)12-7-5-6-11(10-12)16(17,18)19/h5-7,10H,3-4,8-9H2,1-2H3,(H,24,25). The highest BCUT2D eigenvalue weighted by atomic mass is 19.4. The van der Waals surface area contributed by atoms with Gasteiger partial charge in [-0.25, -0.2) is 4.79 Å². The van der Waals surface area contributed by atoms with Crippen LogP contribution in [0, 0.1) is 0 Å². The molecule has 0 aliphatic rings. The van der Waals surface area contributed by atoms with E-state index >= 15 is 0 Å². The molecule has 136 valence electrons. The van der Waals surface area contributed by atoms with Gasteiger partial charge < -0.3 is 10.0 Å². The molecule has 0 atom stereocenters. The average molecular weight is 356 g/mol. The lowest BCUT2D eigenvalue weighted by molar-refractivity contribution is -0.137. The molecule has 6 nitrogen and oxygen atoms in total. The third kappa shape index (κ3) is 4.28. The quantitative estimate of drug-likeness (QED) is 0.821. The molecule has 25 heavy (non-hydrogen) atoms. The van der Waals surface area contributed by atoms with Crippen LogP contribution in [0.4, 0.5) is 19.0 Å². The van der Waals surface area contributed by atoms with Crippen molar-refractivity contribution in [3.63, 3.8) is 0 Å². The first-order valence-electron chi connectivity index (χ1n) is 7.91. The minimum absolute atomic E-state index is 0.0523. The Morgan fingerprint density at radius 3 is 2.36 bits per heavy atom. The topological polar surface area (TPSA) is 71.2 Å².